The van der Waals surface area contributed by atoms with Crippen LogP contribution in [0.3, 0.4) is 0 Å². The molecule has 0 spiro atoms. The molecule has 2 atom stereocenters. The van der Waals surface area contributed by atoms with Gasteiger partial charge >= 0.3 is 11.9 Å². The van der Waals surface area contributed by atoms with Crippen molar-refractivity contribution in [3.8, 4) is 0 Å². The molecule has 1 fully saturated rings. The minimum atomic E-state index is 0.0000784. The molecule has 0 aromatic rings. The maximum atomic E-state index is 12.9. The molecule has 2 unspecified atom stereocenters. The van der Waals surface area contributed by atoms with Crippen LogP contribution in [0.2, 0.25) is 0 Å². The smallest absolute Gasteiger partial charge is 0.308 e. The first-order chi connectivity index (χ1) is 23.0. The summed E-state index contributed by atoms with van der Waals surface area (Å²) in [5, 5.41) is 0. The van der Waals surface area contributed by atoms with Gasteiger partial charge in [0.1, 0.15) is 0 Å². The molecule has 1 aliphatic heterocycles. The Hall–Kier alpha value is -1.10. The molecule has 0 aromatic heterocycles. The van der Waals surface area contributed by atoms with Crippen LogP contribution in [0.25, 0.3) is 0 Å². The van der Waals surface area contributed by atoms with Crippen molar-refractivity contribution in [2.75, 3.05) is 33.4 Å². The van der Waals surface area contributed by atoms with Gasteiger partial charge < -0.3 is 14.4 Å². The molecule has 0 amide bonds. The van der Waals surface area contributed by atoms with E-state index in [9.17, 15) is 9.59 Å². The molecule has 1 heterocycles. The van der Waals surface area contributed by atoms with Gasteiger partial charge in [-0.2, -0.15) is 0 Å². The lowest BCUT2D eigenvalue weighted by atomic mass is 9.92. The highest BCUT2D eigenvalue weighted by atomic mass is 16.5. The lowest BCUT2D eigenvalue weighted by molar-refractivity contribution is -0.150. The maximum Gasteiger partial charge on any atom is 0.308 e. The van der Waals surface area contributed by atoms with Gasteiger partial charge in [0.25, 0.3) is 0 Å². The van der Waals surface area contributed by atoms with Crippen LogP contribution in [0.5, 0.6) is 0 Å². The van der Waals surface area contributed by atoms with Gasteiger partial charge in [0.15, 0.2) is 0 Å². The van der Waals surface area contributed by atoms with E-state index in [-0.39, 0.29) is 17.9 Å². The van der Waals surface area contributed by atoms with E-state index in [2.05, 4.69) is 32.7 Å². The summed E-state index contributed by atoms with van der Waals surface area (Å²) in [6.07, 6.45) is 35.0. The molecule has 1 rings (SSSR count). The van der Waals surface area contributed by atoms with Gasteiger partial charge in [-0.25, -0.2) is 0 Å². The van der Waals surface area contributed by atoms with Crippen LogP contribution in [-0.4, -0.2) is 50.2 Å². The summed E-state index contributed by atoms with van der Waals surface area (Å²) >= 11 is 0. The van der Waals surface area contributed by atoms with Crippen LogP contribution in [0.1, 0.15) is 207 Å². The van der Waals surface area contributed by atoms with Gasteiger partial charge in [-0.3, -0.25) is 9.59 Å². The highest BCUT2D eigenvalue weighted by molar-refractivity contribution is 5.72. The number of nitrogens with zero attached hydrogens (tertiary/aromatic N) is 1. The largest absolute Gasteiger partial charge is 0.466 e. The summed E-state index contributed by atoms with van der Waals surface area (Å²) in [7, 11) is 2.16. The summed E-state index contributed by atoms with van der Waals surface area (Å²) in [4.78, 5) is 27.6. The molecular formula is C42H81NO4. The third-order valence-electron chi connectivity index (χ3n) is 10.7. The van der Waals surface area contributed by atoms with Crippen LogP contribution in [0, 0.1) is 17.8 Å². The molecule has 0 aliphatic carbocycles. The Bertz CT molecular complexity index is 703. The molecule has 0 bridgehead atoms. The first-order valence-corrected chi connectivity index (χ1v) is 21.0. The molecule has 0 N–H and O–H groups in total. The van der Waals surface area contributed by atoms with Crippen molar-refractivity contribution in [3.63, 3.8) is 0 Å². The zero-order chi connectivity index (χ0) is 34.2. The number of likely N-dealkylation sites (tertiary alicyclic amines) is 1. The molecule has 0 radical (unpaired) electrons. The van der Waals surface area contributed by atoms with Crippen molar-refractivity contribution < 1.29 is 19.1 Å². The van der Waals surface area contributed by atoms with E-state index in [1.54, 1.807) is 0 Å². The molecule has 47 heavy (non-hydrogen) atoms. The zero-order valence-corrected chi connectivity index (χ0v) is 32.1. The fourth-order valence-electron chi connectivity index (χ4n) is 7.29. The summed E-state index contributed by atoms with van der Waals surface area (Å²) < 4.78 is 11.6. The predicted octanol–water partition coefficient (Wildman–Crippen LogP) is 12.2. The fourth-order valence-corrected chi connectivity index (χ4v) is 7.29. The Morgan fingerprint density at radius 2 is 1.06 bits per heavy atom. The molecule has 5 heteroatoms. The molecular weight excluding hydrogens is 582 g/mol. The molecule has 0 aromatic carbocycles. The van der Waals surface area contributed by atoms with E-state index in [0.717, 1.165) is 57.5 Å². The van der Waals surface area contributed by atoms with Crippen molar-refractivity contribution in [2.24, 2.45) is 17.8 Å². The number of esters is 2. The summed E-state index contributed by atoms with van der Waals surface area (Å²) in [5.74, 6) is 1.36. The van der Waals surface area contributed by atoms with Crippen LogP contribution < -0.4 is 0 Å². The topological polar surface area (TPSA) is 55.8 Å². The lowest BCUT2D eigenvalue weighted by Crippen LogP contribution is -2.23. The monoisotopic (exact) mass is 664 g/mol. The van der Waals surface area contributed by atoms with Gasteiger partial charge in [-0.05, 0) is 76.9 Å². The standard InChI is InChI=1S/C42H81NO4/c1-5-8-11-12-13-14-17-22-28-39(37-47-42(45)40-30-25-34-43(4)35-32-40)29-23-18-15-16-19-24-31-41(44)46-36-33-38(26-20-9-6-2)27-21-10-7-3/h38-40H,5-37H2,1-4H3. The van der Waals surface area contributed by atoms with E-state index in [1.165, 1.54) is 141 Å². The average molecular weight is 664 g/mol. The van der Waals surface area contributed by atoms with Gasteiger partial charge in [-0.1, -0.05) is 156 Å². The van der Waals surface area contributed by atoms with E-state index < -0.39 is 0 Å². The Balaban J connectivity index is 2.24. The van der Waals surface area contributed by atoms with Gasteiger partial charge in [0.2, 0.25) is 0 Å². The van der Waals surface area contributed by atoms with E-state index in [1.807, 2.05) is 0 Å². The fraction of sp³-hybridized carbons (Fsp3) is 0.952. The second-order valence-electron chi connectivity index (χ2n) is 15.2. The van der Waals surface area contributed by atoms with Crippen molar-refractivity contribution in [3.05, 3.63) is 0 Å². The van der Waals surface area contributed by atoms with Crippen LogP contribution in [0.4, 0.5) is 0 Å². The minimum absolute atomic E-state index is 0.0000784. The van der Waals surface area contributed by atoms with E-state index in [4.69, 9.17) is 9.47 Å². The zero-order valence-electron chi connectivity index (χ0n) is 32.1. The number of carbonyl (C=O) groups excluding carboxylic acids is 2. The molecule has 5 nitrogen and oxygen atoms in total. The number of unbranched alkanes of at least 4 members (excludes halogenated alkanes) is 16. The highest BCUT2D eigenvalue weighted by Gasteiger charge is 2.24. The SMILES string of the molecule is CCCCCCCCCCC(CCCCCCCCC(=O)OCCC(CCCCC)CCCCC)COC(=O)C1CCCN(C)CC1. The van der Waals surface area contributed by atoms with Crippen molar-refractivity contribution >= 4 is 11.9 Å². The van der Waals surface area contributed by atoms with Crippen LogP contribution in [0.15, 0.2) is 0 Å². The number of hydrogen-bond acceptors (Lipinski definition) is 5. The Kier molecular flexibility index (Phi) is 30.0. The first-order valence-electron chi connectivity index (χ1n) is 21.0. The van der Waals surface area contributed by atoms with Gasteiger partial charge in [0.05, 0.1) is 19.1 Å². The summed E-state index contributed by atoms with van der Waals surface area (Å²) in [6.45, 7) is 10.1. The lowest BCUT2D eigenvalue weighted by Gasteiger charge is -2.20. The second kappa shape index (κ2) is 32.1. The van der Waals surface area contributed by atoms with Crippen molar-refractivity contribution in [2.45, 2.75) is 207 Å². The van der Waals surface area contributed by atoms with Crippen LogP contribution >= 0.6 is 0 Å². The van der Waals surface area contributed by atoms with Gasteiger partial charge in [0, 0.05) is 6.42 Å². The number of ether oxygens (including phenoxy) is 2. The Labute approximate surface area is 293 Å². The normalized spacial score (nSPS) is 16.3. The summed E-state index contributed by atoms with van der Waals surface area (Å²) in [6, 6.07) is 0. The number of hydrogen-bond donors (Lipinski definition) is 0. The third kappa shape index (κ3) is 26.4. The van der Waals surface area contributed by atoms with Crippen molar-refractivity contribution in [1.29, 1.82) is 0 Å². The molecule has 1 saturated heterocycles. The third-order valence-corrected chi connectivity index (χ3v) is 10.7. The maximum absolute atomic E-state index is 12.9. The quantitative estimate of drug-likeness (QED) is 0.0529. The summed E-state index contributed by atoms with van der Waals surface area (Å²) in [5.41, 5.74) is 0. The van der Waals surface area contributed by atoms with Crippen LogP contribution in [-0.2, 0) is 19.1 Å². The molecule has 278 valence electrons. The molecule has 0 saturated carbocycles. The highest BCUT2D eigenvalue weighted by Crippen LogP contribution is 2.24. The van der Waals surface area contributed by atoms with E-state index >= 15 is 0 Å². The van der Waals surface area contributed by atoms with Gasteiger partial charge in [-0.15, -0.1) is 0 Å². The Morgan fingerprint density at radius 1 is 0.574 bits per heavy atom. The number of rotatable bonds is 32. The second-order valence-corrected chi connectivity index (χ2v) is 15.2. The first kappa shape index (κ1) is 43.9. The Morgan fingerprint density at radius 3 is 1.66 bits per heavy atom. The van der Waals surface area contributed by atoms with Crippen molar-refractivity contribution in [1.82, 2.24) is 4.90 Å². The van der Waals surface area contributed by atoms with E-state index in [0.29, 0.717) is 25.6 Å². The molecule has 1 aliphatic rings. The minimum Gasteiger partial charge on any atom is -0.466 e. The predicted molar refractivity (Wildman–Crippen MR) is 201 cm³/mol. The average Bonchev–Trinajstić information content (AvgIpc) is 3.29. The number of carbonyl (C=O) groups is 2.